The fourth-order valence-corrected chi connectivity index (χ4v) is 3.32. The highest BCUT2D eigenvalue weighted by Gasteiger charge is 2.19. The number of thiazole rings is 1. The van der Waals surface area contributed by atoms with Gasteiger partial charge in [-0.2, -0.15) is 0 Å². The Kier molecular flexibility index (Phi) is 5.19. The summed E-state index contributed by atoms with van der Waals surface area (Å²) in [6.45, 7) is 5.47. The van der Waals surface area contributed by atoms with E-state index in [4.69, 9.17) is 4.74 Å². The van der Waals surface area contributed by atoms with Crippen LogP contribution in [0.2, 0.25) is 0 Å². The zero-order chi connectivity index (χ0) is 13.7. The minimum atomic E-state index is -0.335. The van der Waals surface area contributed by atoms with E-state index in [1.54, 1.807) is 12.3 Å². The largest absolute Gasteiger partial charge is 0.461 e. The third kappa shape index (κ3) is 4.20. The molecule has 0 spiro atoms. The molecule has 2 unspecified atom stereocenters. The zero-order valence-corrected chi connectivity index (χ0v) is 12.5. The molecule has 0 radical (unpaired) electrons. The van der Waals surface area contributed by atoms with Gasteiger partial charge in [0.05, 0.1) is 6.61 Å². The van der Waals surface area contributed by atoms with E-state index in [0.29, 0.717) is 12.3 Å². The predicted molar refractivity (Wildman–Crippen MR) is 77.7 cm³/mol. The van der Waals surface area contributed by atoms with Gasteiger partial charge in [0, 0.05) is 11.9 Å². The summed E-state index contributed by atoms with van der Waals surface area (Å²) in [6, 6.07) is 0. The Morgan fingerprint density at radius 2 is 2.42 bits per heavy atom. The average molecular weight is 282 g/mol. The van der Waals surface area contributed by atoms with Crippen LogP contribution in [0.3, 0.4) is 0 Å². The van der Waals surface area contributed by atoms with Crippen molar-refractivity contribution in [3.63, 3.8) is 0 Å². The van der Waals surface area contributed by atoms with Crippen LogP contribution >= 0.6 is 11.3 Å². The normalized spacial score (nSPS) is 23.1. The molecular formula is C14H22N2O2S. The molecule has 19 heavy (non-hydrogen) atoms. The standard InChI is InChI=1S/C14H22N2O2S/c1-3-18-13(17)12-9-19-14(16-12)15-8-11-6-4-5-10(2)7-11/h9-11H,3-8H2,1-2H3,(H,15,16). The van der Waals surface area contributed by atoms with Crippen molar-refractivity contribution < 1.29 is 9.53 Å². The molecule has 1 aliphatic carbocycles. The van der Waals surface area contributed by atoms with Crippen LogP contribution in [0.1, 0.15) is 50.0 Å². The van der Waals surface area contributed by atoms with Gasteiger partial charge in [0.25, 0.3) is 0 Å². The summed E-state index contributed by atoms with van der Waals surface area (Å²) < 4.78 is 4.93. The predicted octanol–water partition coefficient (Wildman–Crippen LogP) is 3.56. The summed E-state index contributed by atoms with van der Waals surface area (Å²) in [5, 5.41) is 5.93. The number of carbonyl (C=O) groups excluding carboxylic acids is 1. The maximum absolute atomic E-state index is 11.5. The summed E-state index contributed by atoms with van der Waals surface area (Å²) in [5.41, 5.74) is 0.409. The van der Waals surface area contributed by atoms with E-state index in [1.807, 2.05) is 0 Å². The molecule has 2 rings (SSSR count). The van der Waals surface area contributed by atoms with Crippen molar-refractivity contribution in [2.24, 2.45) is 11.8 Å². The Morgan fingerprint density at radius 3 is 3.16 bits per heavy atom. The molecule has 1 aliphatic rings. The molecule has 5 heteroatoms. The van der Waals surface area contributed by atoms with Crippen molar-refractivity contribution in [3.05, 3.63) is 11.1 Å². The lowest BCUT2D eigenvalue weighted by Crippen LogP contribution is -2.21. The van der Waals surface area contributed by atoms with E-state index in [-0.39, 0.29) is 5.97 Å². The minimum Gasteiger partial charge on any atom is -0.461 e. The zero-order valence-electron chi connectivity index (χ0n) is 11.6. The number of rotatable bonds is 5. The summed E-state index contributed by atoms with van der Waals surface area (Å²) in [7, 11) is 0. The first-order chi connectivity index (χ1) is 9.19. The Labute approximate surface area is 118 Å². The maximum atomic E-state index is 11.5. The fourth-order valence-electron chi connectivity index (χ4n) is 2.63. The van der Waals surface area contributed by atoms with E-state index in [9.17, 15) is 4.79 Å². The molecule has 0 amide bonds. The molecule has 1 heterocycles. The highest BCUT2D eigenvalue weighted by atomic mass is 32.1. The Morgan fingerprint density at radius 1 is 1.58 bits per heavy atom. The lowest BCUT2D eigenvalue weighted by atomic mass is 9.82. The molecular weight excluding hydrogens is 260 g/mol. The Bertz CT molecular complexity index is 419. The maximum Gasteiger partial charge on any atom is 0.357 e. The van der Waals surface area contributed by atoms with E-state index in [1.165, 1.54) is 37.0 Å². The summed E-state index contributed by atoms with van der Waals surface area (Å²) in [5.74, 6) is 1.24. The van der Waals surface area contributed by atoms with Crippen molar-refractivity contribution in [1.29, 1.82) is 0 Å². The van der Waals surface area contributed by atoms with Crippen LogP contribution in [0.5, 0.6) is 0 Å². The molecule has 4 nitrogen and oxygen atoms in total. The molecule has 0 aliphatic heterocycles. The summed E-state index contributed by atoms with van der Waals surface area (Å²) >= 11 is 1.47. The van der Waals surface area contributed by atoms with Gasteiger partial charge in [-0.25, -0.2) is 9.78 Å². The van der Waals surface area contributed by atoms with Crippen molar-refractivity contribution >= 4 is 22.4 Å². The molecule has 0 aromatic carbocycles. The molecule has 2 atom stereocenters. The SMILES string of the molecule is CCOC(=O)c1csc(NCC2CCCC(C)C2)n1. The molecule has 106 valence electrons. The lowest BCUT2D eigenvalue weighted by Gasteiger charge is -2.26. The first kappa shape index (κ1) is 14.3. The number of nitrogens with one attached hydrogen (secondary N) is 1. The molecule has 1 saturated carbocycles. The van der Waals surface area contributed by atoms with Gasteiger partial charge in [-0.3, -0.25) is 0 Å². The number of anilines is 1. The van der Waals surface area contributed by atoms with Gasteiger partial charge < -0.3 is 10.1 Å². The third-order valence-electron chi connectivity index (χ3n) is 3.58. The first-order valence-corrected chi connectivity index (χ1v) is 7.93. The van der Waals surface area contributed by atoms with E-state index in [2.05, 4.69) is 17.2 Å². The quantitative estimate of drug-likeness (QED) is 0.839. The van der Waals surface area contributed by atoms with Crippen molar-refractivity contribution in [3.8, 4) is 0 Å². The molecule has 1 aromatic rings. The molecule has 1 N–H and O–H groups in total. The summed E-state index contributed by atoms with van der Waals surface area (Å²) in [4.78, 5) is 15.8. The van der Waals surface area contributed by atoms with Crippen LogP contribution < -0.4 is 5.32 Å². The summed E-state index contributed by atoms with van der Waals surface area (Å²) in [6.07, 6.45) is 5.29. The van der Waals surface area contributed by atoms with Crippen molar-refractivity contribution in [1.82, 2.24) is 4.98 Å². The third-order valence-corrected chi connectivity index (χ3v) is 4.38. The van der Waals surface area contributed by atoms with Crippen molar-refractivity contribution in [2.45, 2.75) is 39.5 Å². The van der Waals surface area contributed by atoms with Gasteiger partial charge in [-0.15, -0.1) is 11.3 Å². The van der Waals surface area contributed by atoms with E-state index in [0.717, 1.165) is 23.5 Å². The molecule has 0 bridgehead atoms. The average Bonchev–Trinajstić information content (AvgIpc) is 2.86. The Hall–Kier alpha value is -1.10. The van der Waals surface area contributed by atoms with Gasteiger partial charge in [0.1, 0.15) is 0 Å². The second-order valence-corrected chi connectivity index (χ2v) is 6.14. The van der Waals surface area contributed by atoms with E-state index >= 15 is 0 Å². The van der Waals surface area contributed by atoms with Gasteiger partial charge in [-0.1, -0.05) is 19.8 Å². The topological polar surface area (TPSA) is 51.2 Å². The second-order valence-electron chi connectivity index (χ2n) is 5.28. The molecule has 1 fully saturated rings. The van der Waals surface area contributed by atoms with Crippen LogP contribution in [0.25, 0.3) is 0 Å². The van der Waals surface area contributed by atoms with Crippen LogP contribution in [0.4, 0.5) is 5.13 Å². The van der Waals surface area contributed by atoms with Crippen LogP contribution in [0.15, 0.2) is 5.38 Å². The monoisotopic (exact) mass is 282 g/mol. The van der Waals surface area contributed by atoms with Gasteiger partial charge in [0.15, 0.2) is 10.8 Å². The van der Waals surface area contributed by atoms with E-state index < -0.39 is 0 Å². The van der Waals surface area contributed by atoms with Gasteiger partial charge in [0.2, 0.25) is 0 Å². The Balaban J connectivity index is 1.81. The molecule has 1 aromatic heterocycles. The highest BCUT2D eigenvalue weighted by Crippen LogP contribution is 2.29. The smallest absolute Gasteiger partial charge is 0.357 e. The number of carbonyl (C=O) groups is 1. The van der Waals surface area contributed by atoms with Gasteiger partial charge in [-0.05, 0) is 31.6 Å². The minimum absolute atomic E-state index is 0.335. The van der Waals surface area contributed by atoms with Crippen molar-refractivity contribution in [2.75, 3.05) is 18.5 Å². The van der Waals surface area contributed by atoms with Crippen LogP contribution in [0, 0.1) is 11.8 Å². The number of hydrogen-bond acceptors (Lipinski definition) is 5. The number of nitrogens with zero attached hydrogens (tertiary/aromatic N) is 1. The number of ether oxygens (including phenoxy) is 1. The van der Waals surface area contributed by atoms with Crippen LogP contribution in [-0.4, -0.2) is 24.1 Å². The fraction of sp³-hybridized carbons (Fsp3) is 0.714. The highest BCUT2D eigenvalue weighted by molar-refractivity contribution is 7.13. The number of hydrogen-bond donors (Lipinski definition) is 1. The number of esters is 1. The lowest BCUT2D eigenvalue weighted by molar-refractivity contribution is 0.0520. The second kappa shape index (κ2) is 6.89. The molecule has 0 saturated heterocycles. The van der Waals surface area contributed by atoms with Crippen LogP contribution in [-0.2, 0) is 4.74 Å². The van der Waals surface area contributed by atoms with Gasteiger partial charge >= 0.3 is 5.97 Å². The number of aromatic nitrogens is 1. The first-order valence-electron chi connectivity index (χ1n) is 7.05.